The lowest BCUT2D eigenvalue weighted by Crippen LogP contribution is -2.64. The predicted octanol–water partition coefficient (Wildman–Crippen LogP) is 0.398. The first kappa shape index (κ1) is 27.0. The minimum atomic E-state index is -1.21. The van der Waals surface area contributed by atoms with E-state index in [1.54, 1.807) is 6.26 Å². The first-order chi connectivity index (χ1) is 15.4. The predicted molar refractivity (Wildman–Crippen MR) is 122 cm³/mol. The van der Waals surface area contributed by atoms with Crippen LogP contribution in [0.25, 0.3) is 0 Å². The van der Waals surface area contributed by atoms with Crippen LogP contribution < -0.4 is 10.9 Å². The van der Waals surface area contributed by atoms with Crippen LogP contribution in [0, 0.1) is 3.57 Å². The van der Waals surface area contributed by atoms with Crippen LogP contribution in [0.1, 0.15) is 33.9 Å². The van der Waals surface area contributed by atoms with Crippen molar-refractivity contribution in [3.63, 3.8) is 0 Å². The van der Waals surface area contributed by atoms with E-state index in [0.29, 0.717) is 0 Å². The highest BCUT2D eigenvalue weighted by Crippen LogP contribution is 2.34. The molecule has 1 saturated heterocycles. The summed E-state index contributed by atoms with van der Waals surface area (Å²) in [5, 5.41) is 2.94. The third-order valence-electron chi connectivity index (χ3n) is 4.42. The summed E-state index contributed by atoms with van der Waals surface area (Å²) in [4.78, 5) is 63.4. The molecule has 1 aromatic heterocycles. The lowest BCUT2D eigenvalue weighted by molar-refractivity contribution is -0.238. The topological polar surface area (TPSA) is 152 Å². The molecule has 0 unspecified atom stereocenters. The molecule has 1 aliphatic rings. The van der Waals surface area contributed by atoms with Gasteiger partial charge in [0.1, 0.15) is 18.8 Å². The zero-order chi connectivity index (χ0) is 24.9. The average Bonchev–Trinajstić information content (AvgIpc) is 2.70. The molecule has 1 aromatic rings. The molecule has 0 aliphatic carbocycles. The van der Waals surface area contributed by atoms with E-state index >= 15 is 0 Å². The van der Waals surface area contributed by atoms with Crippen molar-refractivity contribution in [3.05, 3.63) is 20.1 Å². The standard InChI is InChI=1S/C19H24IN3O9S/c1-8(24)21-14-16(31-11(4)27)15(30-10(3)26)13(7-29-9(2)25)32-18(14)23-6-12(20)17(28)22-19(23)33-5/h6,13-16,18H,7H2,1-5H3,(H,21,24)/t13-,14-,15-,16-,18-/m1/s1. The first-order valence-corrected chi connectivity index (χ1v) is 12.0. The maximum absolute atomic E-state index is 12.1. The summed E-state index contributed by atoms with van der Waals surface area (Å²) in [6, 6.07) is -1.05. The normalized spacial score (nSPS) is 24.5. The van der Waals surface area contributed by atoms with Crippen molar-refractivity contribution in [2.24, 2.45) is 0 Å². The molecule has 2 heterocycles. The summed E-state index contributed by atoms with van der Waals surface area (Å²) in [6.07, 6.45) is -1.35. The van der Waals surface area contributed by atoms with Gasteiger partial charge in [0.2, 0.25) is 5.91 Å². The maximum Gasteiger partial charge on any atom is 0.303 e. The zero-order valence-electron chi connectivity index (χ0n) is 18.5. The number of nitrogens with zero attached hydrogens (tertiary/aromatic N) is 2. The summed E-state index contributed by atoms with van der Waals surface area (Å²) >= 11 is 2.97. The van der Waals surface area contributed by atoms with E-state index in [-0.39, 0.29) is 15.3 Å². The van der Waals surface area contributed by atoms with Gasteiger partial charge in [0.15, 0.2) is 23.6 Å². The van der Waals surface area contributed by atoms with Gasteiger partial charge in [-0.2, -0.15) is 4.98 Å². The van der Waals surface area contributed by atoms with Gasteiger partial charge < -0.3 is 24.3 Å². The number of nitrogens with one attached hydrogen (secondary N) is 1. The second-order valence-electron chi connectivity index (χ2n) is 7.03. The third kappa shape index (κ3) is 7.14. The molecular formula is C19H24IN3O9S. The fourth-order valence-electron chi connectivity index (χ4n) is 3.31. The minimum absolute atomic E-state index is 0.263. The summed E-state index contributed by atoms with van der Waals surface area (Å²) < 4.78 is 23.9. The lowest BCUT2D eigenvalue weighted by atomic mass is 9.95. The van der Waals surface area contributed by atoms with Crippen LogP contribution in [0.15, 0.2) is 16.1 Å². The third-order valence-corrected chi connectivity index (χ3v) is 5.83. The maximum atomic E-state index is 12.1. The fourth-order valence-corrected chi connectivity index (χ4v) is 4.27. The molecule has 0 aromatic carbocycles. The molecule has 1 aliphatic heterocycles. The molecule has 0 spiro atoms. The van der Waals surface area contributed by atoms with E-state index in [2.05, 4.69) is 10.3 Å². The molecule has 0 radical (unpaired) electrons. The van der Waals surface area contributed by atoms with Crippen LogP contribution in [0.3, 0.4) is 0 Å². The Morgan fingerprint density at radius 1 is 1.12 bits per heavy atom. The molecule has 1 N–H and O–H groups in total. The summed E-state index contributed by atoms with van der Waals surface area (Å²) in [7, 11) is 0. The van der Waals surface area contributed by atoms with E-state index in [0.717, 1.165) is 18.7 Å². The number of esters is 3. The van der Waals surface area contributed by atoms with Gasteiger partial charge >= 0.3 is 17.9 Å². The van der Waals surface area contributed by atoms with Crippen LogP contribution in [0.4, 0.5) is 0 Å². The summed E-state index contributed by atoms with van der Waals surface area (Å²) in [6.45, 7) is 4.46. The molecule has 12 nitrogen and oxygen atoms in total. The number of carbonyl (C=O) groups excluding carboxylic acids is 4. The molecule has 1 amide bonds. The Morgan fingerprint density at radius 2 is 1.73 bits per heavy atom. The van der Waals surface area contributed by atoms with Crippen molar-refractivity contribution < 1.29 is 38.1 Å². The number of rotatable bonds is 7. The first-order valence-electron chi connectivity index (χ1n) is 9.67. The number of ether oxygens (including phenoxy) is 4. The van der Waals surface area contributed by atoms with Crippen LogP contribution in [0.2, 0.25) is 0 Å². The lowest BCUT2D eigenvalue weighted by Gasteiger charge is -2.46. The van der Waals surface area contributed by atoms with Gasteiger partial charge in [-0.15, -0.1) is 0 Å². The molecule has 5 atom stereocenters. The highest BCUT2D eigenvalue weighted by molar-refractivity contribution is 14.1. The van der Waals surface area contributed by atoms with Gasteiger partial charge in [0.05, 0.1) is 3.57 Å². The average molecular weight is 597 g/mol. The van der Waals surface area contributed by atoms with Gasteiger partial charge in [-0.25, -0.2) is 0 Å². The van der Waals surface area contributed by atoms with Gasteiger partial charge in [-0.1, -0.05) is 11.8 Å². The molecule has 182 valence electrons. The van der Waals surface area contributed by atoms with Gasteiger partial charge in [0.25, 0.3) is 5.56 Å². The van der Waals surface area contributed by atoms with Crippen LogP contribution >= 0.6 is 34.4 Å². The Bertz CT molecular complexity index is 986. The molecule has 2 rings (SSSR count). The van der Waals surface area contributed by atoms with Gasteiger partial charge in [0, 0.05) is 33.9 Å². The minimum Gasteiger partial charge on any atom is -0.463 e. The van der Waals surface area contributed by atoms with Crippen LogP contribution in [0.5, 0.6) is 0 Å². The molecule has 33 heavy (non-hydrogen) atoms. The van der Waals surface area contributed by atoms with Crippen LogP contribution in [-0.4, -0.2) is 70.6 Å². The number of carbonyl (C=O) groups is 4. The molecular weight excluding hydrogens is 573 g/mol. The van der Waals surface area contributed by atoms with E-state index in [4.69, 9.17) is 18.9 Å². The molecule has 14 heteroatoms. The Labute approximate surface area is 207 Å². The number of thioether (sulfide) groups is 1. The quantitative estimate of drug-likeness (QED) is 0.153. The largest absolute Gasteiger partial charge is 0.463 e. The highest BCUT2D eigenvalue weighted by Gasteiger charge is 2.51. The Balaban J connectivity index is 2.67. The second-order valence-corrected chi connectivity index (χ2v) is 8.97. The van der Waals surface area contributed by atoms with E-state index < -0.39 is 60.0 Å². The van der Waals surface area contributed by atoms with Crippen molar-refractivity contribution >= 4 is 58.2 Å². The van der Waals surface area contributed by atoms with Gasteiger partial charge in [-0.3, -0.25) is 28.5 Å². The molecule has 1 fully saturated rings. The number of hydrogen-bond donors (Lipinski definition) is 1. The number of amides is 1. The van der Waals surface area contributed by atoms with Crippen LogP contribution in [-0.2, 0) is 38.1 Å². The van der Waals surface area contributed by atoms with Crippen molar-refractivity contribution in [1.82, 2.24) is 14.9 Å². The van der Waals surface area contributed by atoms with Gasteiger partial charge in [-0.05, 0) is 28.8 Å². The number of aromatic nitrogens is 2. The van der Waals surface area contributed by atoms with Crippen molar-refractivity contribution in [2.75, 3.05) is 12.9 Å². The summed E-state index contributed by atoms with van der Waals surface area (Å²) in [5.74, 6) is -2.47. The SMILES string of the molecule is CSc1nc(=O)c(I)cn1[C@@H]1O[C@H](COC(C)=O)[C@@H](OC(C)=O)[C@H](OC(C)=O)[C@H]1NC(C)=O. The fraction of sp³-hybridized carbons (Fsp3) is 0.579. The number of halogens is 1. The summed E-state index contributed by atoms with van der Waals surface area (Å²) in [5.41, 5.74) is -0.450. The monoisotopic (exact) mass is 597 g/mol. The zero-order valence-corrected chi connectivity index (χ0v) is 21.5. The highest BCUT2D eigenvalue weighted by atomic mass is 127. The number of hydrogen-bond acceptors (Lipinski definition) is 11. The smallest absolute Gasteiger partial charge is 0.303 e. The van der Waals surface area contributed by atoms with E-state index in [1.807, 2.05) is 22.6 Å². The van der Waals surface area contributed by atoms with Crippen molar-refractivity contribution in [1.29, 1.82) is 0 Å². The van der Waals surface area contributed by atoms with Crippen molar-refractivity contribution in [2.45, 2.75) is 63.4 Å². The van der Waals surface area contributed by atoms with Crippen molar-refractivity contribution in [3.8, 4) is 0 Å². The van der Waals surface area contributed by atoms with E-state index in [9.17, 15) is 24.0 Å². The molecule has 0 saturated carbocycles. The van der Waals surface area contributed by atoms with E-state index in [1.165, 1.54) is 31.5 Å². The Morgan fingerprint density at radius 3 is 2.24 bits per heavy atom. The molecule has 0 bridgehead atoms. The Kier molecular flexibility index (Phi) is 9.66. The second kappa shape index (κ2) is 11.8. The Hall–Kier alpha value is -2.20.